The zero-order valence-corrected chi connectivity index (χ0v) is 16.4. The lowest BCUT2D eigenvalue weighted by molar-refractivity contribution is -0.158. The van der Waals surface area contributed by atoms with Crippen LogP contribution in [0.3, 0.4) is 0 Å². The number of fused-ring (bicyclic) bond motifs is 1. The summed E-state index contributed by atoms with van der Waals surface area (Å²) in [6.07, 6.45) is 2.72. The Balaban J connectivity index is 1.37. The first-order chi connectivity index (χ1) is 13.6. The van der Waals surface area contributed by atoms with E-state index in [-0.39, 0.29) is 30.3 Å². The summed E-state index contributed by atoms with van der Waals surface area (Å²) in [5, 5.41) is 4.88. The molecular weight excluding hydrogens is 374 g/mol. The number of hydrogen-bond acceptors (Lipinski definition) is 4. The Bertz CT molecular complexity index is 864. The van der Waals surface area contributed by atoms with Gasteiger partial charge >= 0.3 is 0 Å². The number of rotatable bonds is 5. The predicted molar refractivity (Wildman–Crippen MR) is 107 cm³/mol. The van der Waals surface area contributed by atoms with E-state index >= 15 is 0 Å². The van der Waals surface area contributed by atoms with Crippen molar-refractivity contribution in [1.29, 1.82) is 0 Å². The van der Waals surface area contributed by atoms with Gasteiger partial charge in [0.2, 0.25) is 11.8 Å². The van der Waals surface area contributed by atoms with Crippen LogP contribution in [-0.2, 0) is 22.7 Å². The molecule has 0 radical (unpaired) electrons. The molecule has 1 N–H and O–H groups in total. The van der Waals surface area contributed by atoms with Crippen molar-refractivity contribution in [3.05, 3.63) is 57.8 Å². The number of thiophene rings is 1. The Hall–Kier alpha value is -2.67. The van der Waals surface area contributed by atoms with Crippen LogP contribution < -0.4 is 5.32 Å². The number of nitrogens with one attached hydrogen (secondary N) is 1. The normalized spacial score (nSPS) is 19.5. The number of piperazine rings is 1. The third-order valence-corrected chi connectivity index (χ3v) is 6.22. The van der Waals surface area contributed by atoms with E-state index in [0.717, 1.165) is 29.7 Å². The summed E-state index contributed by atoms with van der Waals surface area (Å²) in [6.45, 7) is 1.74. The summed E-state index contributed by atoms with van der Waals surface area (Å²) in [5.74, 6) is -0.0482. The molecule has 2 aromatic rings. The summed E-state index contributed by atoms with van der Waals surface area (Å²) in [4.78, 5) is 41.9. The summed E-state index contributed by atoms with van der Waals surface area (Å²) < 4.78 is 0. The first-order valence-corrected chi connectivity index (χ1v) is 10.5. The van der Waals surface area contributed by atoms with Crippen LogP contribution in [0.5, 0.6) is 0 Å². The summed E-state index contributed by atoms with van der Waals surface area (Å²) in [6, 6.07) is 10.9. The maximum absolute atomic E-state index is 12.8. The van der Waals surface area contributed by atoms with Crippen LogP contribution >= 0.6 is 11.3 Å². The Kier molecular flexibility index (Phi) is 5.43. The molecule has 146 valence electrons. The second kappa shape index (κ2) is 8.14. The van der Waals surface area contributed by atoms with Crippen LogP contribution in [0.4, 0.5) is 0 Å². The summed E-state index contributed by atoms with van der Waals surface area (Å²) in [7, 11) is 0. The van der Waals surface area contributed by atoms with Crippen LogP contribution in [0.1, 0.15) is 40.1 Å². The fourth-order valence-electron chi connectivity index (χ4n) is 3.83. The van der Waals surface area contributed by atoms with Crippen molar-refractivity contribution in [2.45, 2.75) is 38.4 Å². The van der Waals surface area contributed by atoms with E-state index in [2.05, 4.69) is 5.32 Å². The topological polar surface area (TPSA) is 69.7 Å². The zero-order valence-electron chi connectivity index (χ0n) is 15.6. The highest BCUT2D eigenvalue weighted by Gasteiger charge is 2.40. The van der Waals surface area contributed by atoms with Crippen LogP contribution in [0.15, 0.2) is 41.8 Å². The second-order valence-electron chi connectivity index (χ2n) is 7.25. The molecule has 1 aromatic carbocycles. The van der Waals surface area contributed by atoms with Gasteiger partial charge in [-0.1, -0.05) is 18.2 Å². The number of nitrogens with zero attached hydrogens (tertiary/aromatic N) is 2. The van der Waals surface area contributed by atoms with Gasteiger partial charge in [0.1, 0.15) is 12.6 Å². The maximum Gasteiger partial charge on any atom is 0.251 e. The fraction of sp³-hybridized carbons (Fsp3) is 0.381. The zero-order chi connectivity index (χ0) is 19.5. The van der Waals surface area contributed by atoms with Crippen LogP contribution in [-0.4, -0.2) is 46.7 Å². The van der Waals surface area contributed by atoms with Gasteiger partial charge in [-0.25, -0.2) is 0 Å². The Morgan fingerprint density at radius 3 is 2.71 bits per heavy atom. The Morgan fingerprint density at radius 2 is 1.96 bits per heavy atom. The van der Waals surface area contributed by atoms with Crippen molar-refractivity contribution in [2.24, 2.45) is 0 Å². The van der Waals surface area contributed by atoms with Crippen molar-refractivity contribution in [2.75, 3.05) is 13.1 Å². The third-order valence-electron chi connectivity index (χ3n) is 5.34. The van der Waals surface area contributed by atoms with E-state index in [1.54, 1.807) is 33.3 Å². The van der Waals surface area contributed by atoms with Crippen molar-refractivity contribution >= 4 is 29.1 Å². The molecule has 3 amide bonds. The molecule has 6 nitrogen and oxygen atoms in total. The molecular formula is C21H23N3O3S. The Morgan fingerprint density at radius 1 is 1.14 bits per heavy atom. The third kappa shape index (κ3) is 3.94. The first-order valence-electron chi connectivity index (χ1n) is 9.59. The molecule has 0 bridgehead atoms. The molecule has 2 saturated heterocycles. The van der Waals surface area contributed by atoms with Gasteiger partial charge in [-0.3, -0.25) is 14.4 Å². The minimum Gasteiger partial charge on any atom is -0.347 e. The second-order valence-corrected chi connectivity index (χ2v) is 8.28. The van der Waals surface area contributed by atoms with Crippen LogP contribution in [0.25, 0.3) is 0 Å². The van der Waals surface area contributed by atoms with Crippen LogP contribution in [0.2, 0.25) is 0 Å². The van der Waals surface area contributed by atoms with Gasteiger partial charge in [-0.2, -0.15) is 0 Å². The molecule has 0 aliphatic carbocycles. The van der Waals surface area contributed by atoms with Gasteiger partial charge in [-0.05, 0) is 48.4 Å². The number of hydrogen-bond donors (Lipinski definition) is 1. The number of carbonyl (C=O) groups excluding carboxylic acids is 3. The standard InChI is InChI=1S/C21H23N3O3S/c25-19-14-23(21(27)18-5-1-2-10-24(18)19)13-15-6-8-16(9-7-15)20(26)22-12-17-4-3-11-28-17/h3-4,6-9,11,18H,1-2,5,10,12-14H2,(H,22,26)/t18-/m0/s1. The monoisotopic (exact) mass is 397 g/mol. The van der Waals surface area contributed by atoms with Crippen molar-refractivity contribution < 1.29 is 14.4 Å². The molecule has 4 rings (SSSR count). The minimum atomic E-state index is -0.294. The quantitative estimate of drug-likeness (QED) is 0.842. The molecule has 0 spiro atoms. The van der Waals surface area contributed by atoms with E-state index < -0.39 is 0 Å². The van der Waals surface area contributed by atoms with Gasteiger partial charge in [0.15, 0.2) is 0 Å². The number of carbonyl (C=O) groups is 3. The van der Waals surface area contributed by atoms with E-state index in [1.165, 1.54) is 0 Å². The molecule has 28 heavy (non-hydrogen) atoms. The van der Waals surface area contributed by atoms with E-state index in [1.807, 2.05) is 29.6 Å². The van der Waals surface area contributed by atoms with Gasteiger partial charge < -0.3 is 15.1 Å². The number of benzene rings is 1. The van der Waals surface area contributed by atoms with Gasteiger partial charge in [-0.15, -0.1) is 11.3 Å². The van der Waals surface area contributed by atoms with E-state index in [4.69, 9.17) is 0 Å². The van der Waals surface area contributed by atoms with E-state index in [0.29, 0.717) is 25.2 Å². The minimum absolute atomic E-state index is 0.0360. The highest BCUT2D eigenvalue weighted by molar-refractivity contribution is 7.09. The van der Waals surface area contributed by atoms with Gasteiger partial charge in [0.05, 0.1) is 6.54 Å². The average molecular weight is 398 g/mol. The van der Waals surface area contributed by atoms with E-state index in [9.17, 15) is 14.4 Å². The van der Waals surface area contributed by atoms with Gasteiger partial charge in [0, 0.05) is 23.5 Å². The lowest BCUT2D eigenvalue weighted by Gasteiger charge is -2.42. The lowest BCUT2D eigenvalue weighted by Crippen LogP contribution is -2.60. The highest BCUT2D eigenvalue weighted by Crippen LogP contribution is 2.24. The first kappa shape index (κ1) is 18.7. The highest BCUT2D eigenvalue weighted by atomic mass is 32.1. The smallest absolute Gasteiger partial charge is 0.251 e. The SMILES string of the molecule is O=C(NCc1cccs1)c1ccc(CN2CC(=O)N3CCCC[C@H]3C2=O)cc1. The maximum atomic E-state index is 12.8. The average Bonchev–Trinajstić information content (AvgIpc) is 3.24. The number of piperidine rings is 1. The van der Waals surface area contributed by atoms with Crippen LogP contribution in [0, 0.1) is 0 Å². The molecule has 1 aromatic heterocycles. The van der Waals surface area contributed by atoms with Crippen molar-refractivity contribution in [3.8, 4) is 0 Å². The molecule has 3 heterocycles. The molecule has 2 fully saturated rings. The molecule has 1 atom stereocenters. The number of amides is 3. The van der Waals surface area contributed by atoms with Gasteiger partial charge in [0.25, 0.3) is 5.91 Å². The molecule has 0 unspecified atom stereocenters. The summed E-state index contributed by atoms with van der Waals surface area (Å²) in [5.41, 5.74) is 1.50. The summed E-state index contributed by atoms with van der Waals surface area (Å²) >= 11 is 1.61. The molecule has 2 aliphatic heterocycles. The molecule has 7 heteroatoms. The van der Waals surface area contributed by atoms with Crippen molar-refractivity contribution in [3.63, 3.8) is 0 Å². The lowest BCUT2D eigenvalue weighted by atomic mass is 9.98. The fourth-order valence-corrected chi connectivity index (χ4v) is 4.47. The van der Waals surface area contributed by atoms with Crippen molar-refractivity contribution in [1.82, 2.24) is 15.1 Å². The molecule has 2 aliphatic rings. The largest absolute Gasteiger partial charge is 0.347 e. The molecule has 0 saturated carbocycles. The Labute approximate surface area is 168 Å². The predicted octanol–water partition coefficient (Wildman–Crippen LogP) is 2.40.